The smallest absolute Gasteiger partial charge is 0.0534 e. The van der Waals surface area contributed by atoms with Gasteiger partial charge in [-0.15, -0.1) is 0 Å². The largest absolute Gasteiger partial charge is 0.298 e. The molecule has 1 rings (SSSR count). The molecule has 0 saturated carbocycles. The summed E-state index contributed by atoms with van der Waals surface area (Å²) in [5, 5.41) is 5.20. The van der Waals surface area contributed by atoms with Crippen LogP contribution in [0.2, 0.25) is 0 Å². The molecule has 0 aliphatic carbocycles. The third kappa shape index (κ3) is 3.80. The number of halogens is 1. The molecule has 0 bridgehead atoms. The SMILES string of the molecule is CCCN(CCBr)Cc1cnn(C)c1. The summed E-state index contributed by atoms with van der Waals surface area (Å²) in [6, 6.07) is 0. The summed E-state index contributed by atoms with van der Waals surface area (Å²) in [4.78, 5) is 2.44. The molecule has 0 aliphatic heterocycles. The molecule has 0 aliphatic rings. The van der Waals surface area contributed by atoms with Gasteiger partial charge in [0, 0.05) is 37.2 Å². The minimum Gasteiger partial charge on any atom is -0.298 e. The van der Waals surface area contributed by atoms with Crippen molar-refractivity contribution in [2.45, 2.75) is 19.9 Å². The molecule has 0 radical (unpaired) electrons. The number of hydrogen-bond acceptors (Lipinski definition) is 2. The molecule has 1 heterocycles. The minimum atomic E-state index is 1.01. The van der Waals surface area contributed by atoms with Gasteiger partial charge in [-0.1, -0.05) is 22.9 Å². The molecule has 80 valence electrons. The molecular formula is C10H18BrN3. The molecule has 0 saturated heterocycles. The van der Waals surface area contributed by atoms with E-state index in [-0.39, 0.29) is 0 Å². The van der Waals surface area contributed by atoms with Gasteiger partial charge in [0.05, 0.1) is 6.20 Å². The molecule has 0 unspecified atom stereocenters. The summed E-state index contributed by atoms with van der Waals surface area (Å²) in [7, 11) is 1.96. The number of alkyl halides is 1. The fourth-order valence-corrected chi connectivity index (χ4v) is 2.02. The highest BCUT2D eigenvalue weighted by atomic mass is 79.9. The van der Waals surface area contributed by atoms with E-state index < -0.39 is 0 Å². The van der Waals surface area contributed by atoms with Crippen LogP contribution in [0.15, 0.2) is 12.4 Å². The van der Waals surface area contributed by atoms with Gasteiger partial charge in [0.2, 0.25) is 0 Å². The molecule has 0 fully saturated rings. The van der Waals surface area contributed by atoms with Crippen molar-refractivity contribution in [2.24, 2.45) is 7.05 Å². The maximum Gasteiger partial charge on any atom is 0.0534 e. The Morgan fingerprint density at radius 2 is 2.29 bits per heavy atom. The second-order valence-electron chi connectivity index (χ2n) is 3.49. The van der Waals surface area contributed by atoms with Crippen LogP contribution >= 0.6 is 15.9 Å². The van der Waals surface area contributed by atoms with Gasteiger partial charge >= 0.3 is 0 Å². The Balaban J connectivity index is 2.46. The summed E-state index contributed by atoms with van der Waals surface area (Å²) in [5.41, 5.74) is 1.29. The van der Waals surface area contributed by atoms with Gasteiger partial charge in [-0.3, -0.25) is 9.58 Å². The predicted octanol–water partition coefficient (Wildman–Crippen LogP) is 2.03. The Labute approximate surface area is 94.2 Å². The van der Waals surface area contributed by atoms with Crippen LogP contribution in [0.3, 0.4) is 0 Å². The molecule has 0 atom stereocenters. The number of nitrogens with zero attached hydrogens (tertiary/aromatic N) is 3. The minimum absolute atomic E-state index is 1.01. The molecule has 1 aromatic heterocycles. The first-order valence-electron chi connectivity index (χ1n) is 5.02. The maximum absolute atomic E-state index is 4.17. The van der Waals surface area contributed by atoms with Crippen LogP contribution in [-0.4, -0.2) is 33.1 Å². The van der Waals surface area contributed by atoms with E-state index in [0.717, 1.165) is 25.0 Å². The predicted molar refractivity (Wildman–Crippen MR) is 62.6 cm³/mol. The van der Waals surface area contributed by atoms with E-state index in [4.69, 9.17) is 0 Å². The highest BCUT2D eigenvalue weighted by Crippen LogP contribution is 2.04. The Bertz CT molecular complexity index is 254. The van der Waals surface area contributed by atoms with E-state index >= 15 is 0 Å². The summed E-state index contributed by atoms with van der Waals surface area (Å²) in [5.74, 6) is 0. The van der Waals surface area contributed by atoms with Gasteiger partial charge in [-0.25, -0.2) is 0 Å². The van der Waals surface area contributed by atoms with Gasteiger partial charge in [-0.2, -0.15) is 5.10 Å². The average Bonchev–Trinajstić information content (AvgIpc) is 2.52. The van der Waals surface area contributed by atoms with Gasteiger partial charge in [0.15, 0.2) is 0 Å². The highest BCUT2D eigenvalue weighted by molar-refractivity contribution is 9.09. The monoisotopic (exact) mass is 259 g/mol. The lowest BCUT2D eigenvalue weighted by molar-refractivity contribution is 0.283. The lowest BCUT2D eigenvalue weighted by atomic mass is 10.3. The van der Waals surface area contributed by atoms with Gasteiger partial charge in [0.1, 0.15) is 0 Å². The van der Waals surface area contributed by atoms with Crippen LogP contribution in [0.25, 0.3) is 0 Å². The zero-order valence-corrected chi connectivity index (χ0v) is 10.5. The third-order valence-corrected chi connectivity index (χ3v) is 2.46. The first-order valence-corrected chi connectivity index (χ1v) is 6.14. The van der Waals surface area contributed by atoms with Crippen molar-refractivity contribution in [1.82, 2.24) is 14.7 Å². The summed E-state index contributed by atoms with van der Waals surface area (Å²) >= 11 is 3.48. The molecule has 0 N–H and O–H groups in total. The van der Waals surface area contributed by atoms with E-state index in [2.05, 4.69) is 39.0 Å². The molecule has 0 amide bonds. The summed E-state index contributed by atoms with van der Waals surface area (Å²) in [6.07, 6.45) is 5.22. The van der Waals surface area contributed by atoms with Gasteiger partial charge in [-0.05, 0) is 13.0 Å². The molecule has 1 aromatic rings. The van der Waals surface area contributed by atoms with Crippen LogP contribution in [0.5, 0.6) is 0 Å². The van der Waals surface area contributed by atoms with Crippen molar-refractivity contribution < 1.29 is 0 Å². The van der Waals surface area contributed by atoms with Crippen LogP contribution in [0.1, 0.15) is 18.9 Å². The number of aromatic nitrogens is 2. The fraction of sp³-hybridized carbons (Fsp3) is 0.700. The Hall–Kier alpha value is -0.350. The Morgan fingerprint density at radius 1 is 1.50 bits per heavy atom. The molecule has 3 nitrogen and oxygen atoms in total. The zero-order chi connectivity index (χ0) is 10.4. The van der Waals surface area contributed by atoms with Crippen LogP contribution in [0, 0.1) is 0 Å². The standard InChI is InChI=1S/C10H18BrN3/c1-3-5-14(6-4-11)9-10-7-12-13(2)8-10/h7-8H,3-6,9H2,1-2H3. The van der Waals surface area contributed by atoms with E-state index in [1.54, 1.807) is 0 Å². The zero-order valence-electron chi connectivity index (χ0n) is 8.91. The molecule has 0 aromatic carbocycles. The molecule has 0 spiro atoms. The second kappa shape index (κ2) is 6.19. The summed E-state index contributed by atoms with van der Waals surface area (Å²) < 4.78 is 1.85. The summed E-state index contributed by atoms with van der Waals surface area (Å²) in [6.45, 7) is 5.47. The highest BCUT2D eigenvalue weighted by Gasteiger charge is 2.05. The molecule has 14 heavy (non-hydrogen) atoms. The van der Waals surface area contributed by atoms with Crippen molar-refractivity contribution in [3.8, 4) is 0 Å². The van der Waals surface area contributed by atoms with Crippen molar-refractivity contribution >= 4 is 15.9 Å². The number of rotatable bonds is 6. The van der Waals surface area contributed by atoms with Gasteiger partial charge < -0.3 is 0 Å². The van der Waals surface area contributed by atoms with Crippen LogP contribution in [-0.2, 0) is 13.6 Å². The fourth-order valence-electron chi connectivity index (χ4n) is 1.52. The normalized spacial score (nSPS) is 11.1. The van der Waals surface area contributed by atoms with E-state index in [1.807, 2.05) is 17.9 Å². The maximum atomic E-state index is 4.17. The van der Waals surface area contributed by atoms with E-state index in [9.17, 15) is 0 Å². The average molecular weight is 260 g/mol. The second-order valence-corrected chi connectivity index (χ2v) is 4.28. The first kappa shape index (κ1) is 11.7. The van der Waals surface area contributed by atoms with E-state index in [0.29, 0.717) is 0 Å². The molecular weight excluding hydrogens is 242 g/mol. The number of hydrogen-bond donors (Lipinski definition) is 0. The lowest BCUT2D eigenvalue weighted by Crippen LogP contribution is -2.25. The van der Waals surface area contributed by atoms with Crippen molar-refractivity contribution in [2.75, 3.05) is 18.4 Å². The number of aryl methyl sites for hydroxylation is 1. The van der Waals surface area contributed by atoms with Crippen molar-refractivity contribution in [3.05, 3.63) is 18.0 Å². The van der Waals surface area contributed by atoms with Crippen LogP contribution in [0.4, 0.5) is 0 Å². The van der Waals surface area contributed by atoms with E-state index in [1.165, 1.54) is 12.0 Å². The Kier molecular flexibility index (Phi) is 5.19. The lowest BCUT2D eigenvalue weighted by Gasteiger charge is -2.19. The van der Waals surface area contributed by atoms with Crippen LogP contribution < -0.4 is 0 Å². The Morgan fingerprint density at radius 3 is 2.79 bits per heavy atom. The van der Waals surface area contributed by atoms with Crippen molar-refractivity contribution in [3.63, 3.8) is 0 Å². The van der Waals surface area contributed by atoms with Crippen molar-refractivity contribution in [1.29, 1.82) is 0 Å². The van der Waals surface area contributed by atoms with Gasteiger partial charge in [0.25, 0.3) is 0 Å². The topological polar surface area (TPSA) is 21.1 Å². The molecule has 4 heteroatoms. The third-order valence-electron chi connectivity index (χ3n) is 2.11. The first-order chi connectivity index (χ1) is 6.76. The quantitative estimate of drug-likeness (QED) is 0.730.